The number of amides is 1. The zero-order valence-corrected chi connectivity index (χ0v) is 20.1. The van der Waals surface area contributed by atoms with Gasteiger partial charge in [-0.15, -0.1) is 0 Å². The number of aromatic nitrogens is 1. The van der Waals surface area contributed by atoms with Gasteiger partial charge in [-0.2, -0.15) is 0 Å². The molecular weight excluding hydrogens is 412 g/mol. The van der Waals surface area contributed by atoms with E-state index in [1.54, 1.807) is 0 Å². The van der Waals surface area contributed by atoms with Crippen LogP contribution in [0.1, 0.15) is 36.8 Å². The predicted octanol–water partition coefficient (Wildman–Crippen LogP) is 4.28. The highest BCUT2D eigenvalue weighted by Gasteiger charge is 2.23. The van der Waals surface area contributed by atoms with Crippen LogP contribution in [0.25, 0.3) is 22.8 Å². The third-order valence-electron chi connectivity index (χ3n) is 6.19. The van der Waals surface area contributed by atoms with Crippen molar-refractivity contribution in [1.29, 1.82) is 0 Å². The summed E-state index contributed by atoms with van der Waals surface area (Å²) in [6.07, 6.45) is 0. The van der Waals surface area contributed by atoms with Gasteiger partial charge in [-0.05, 0) is 30.2 Å². The molecule has 0 spiro atoms. The quantitative estimate of drug-likeness (QED) is 0.612. The van der Waals surface area contributed by atoms with Crippen LogP contribution in [0.2, 0.25) is 0 Å². The number of rotatable bonds is 6. The molecule has 2 heterocycles. The van der Waals surface area contributed by atoms with Crippen LogP contribution in [0.15, 0.2) is 59.0 Å². The maximum Gasteiger partial charge on any atom is 0.273 e. The van der Waals surface area contributed by atoms with Crippen LogP contribution in [0.5, 0.6) is 0 Å². The average molecular weight is 447 g/mol. The summed E-state index contributed by atoms with van der Waals surface area (Å²) in [5.41, 5.74) is 3.33. The average Bonchev–Trinajstić information content (AvgIpc) is 3.26. The Morgan fingerprint density at radius 2 is 1.64 bits per heavy atom. The number of oxazole rings is 1. The fraction of sp³-hybridized carbons (Fsp3) is 0.407. The van der Waals surface area contributed by atoms with Gasteiger partial charge >= 0.3 is 0 Å². The van der Waals surface area contributed by atoms with Gasteiger partial charge in [-0.3, -0.25) is 9.69 Å². The van der Waals surface area contributed by atoms with Crippen molar-refractivity contribution in [1.82, 2.24) is 20.1 Å². The molecule has 6 nitrogen and oxygen atoms in total. The number of piperazine rings is 1. The number of nitrogens with zero attached hydrogens (tertiary/aromatic N) is 3. The molecular formula is C27H34N4O2. The zero-order chi connectivity index (χ0) is 23.4. The van der Waals surface area contributed by atoms with Crippen molar-refractivity contribution < 1.29 is 9.21 Å². The monoisotopic (exact) mass is 446 g/mol. The van der Waals surface area contributed by atoms with Crippen molar-refractivity contribution in [2.24, 2.45) is 0 Å². The first-order valence-corrected chi connectivity index (χ1v) is 11.7. The number of carbonyl (C=O) groups is 1. The number of hydrogen-bond donors (Lipinski definition) is 1. The number of carbonyl (C=O) groups excluding carboxylic acids is 1. The molecule has 174 valence electrons. The van der Waals surface area contributed by atoms with Crippen molar-refractivity contribution >= 4 is 5.91 Å². The van der Waals surface area contributed by atoms with Crippen LogP contribution >= 0.6 is 0 Å². The Hall–Kier alpha value is -2.96. The second-order valence-corrected chi connectivity index (χ2v) is 9.79. The molecule has 1 aromatic heterocycles. The molecule has 6 heteroatoms. The fourth-order valence-corrected chi connectivity index (χ4v) is 3.98. The summed E-state index contributed by atoms with van der Waals surface area (Å²) in [6, 6.07) is 17.9. The van der Waals surface area contributed by atoms with E-state index in [2.05, 4.69) is 60.1 Å². The van der Waals surface area contributed by atoms with Gasteiger partial charge in [-0.1, -0.05) is 63.2 Å². The molecule has 0 radical (unpaired) electrons. The second-order valence-electron chi connectivity index (χ2n) is 9.79. The smallest absolute Gasteiger partial charge is 0.273 e. The first-order valence-electron chi connectivity index (χ1n) is 11.7. The molecule has 1 N–H and O–H groups in total. The number of benzene rings is 2. The minimum Gasteiger partial charge on any atom is -0.435 e. The van der Waals surface area contributed by atoms with Gasteiger partial charge in [0.25, 0.3) is 5.91 Å². The van der Waals surface area contributed by atoms with Crippen LogP contribution in [-0.4, -0.2) is 67.0 Å². The van der Waals surface area contributed by atoms with Crippen molar-refractivity contribution in [2.75, 3.05) is 46.3 Å². The van der Waals surface area contributed by atoms with E-state index in [1.165, 1.54) is 5.56 Å². The van der Waals surface area contributed by atoms with Gasteiger partial charge in [0.1, 0.15) is 0 Å². The molecule has 1 amide bonds. The maximum absolute atomic E-state index is 13.1. The Bertz CT molecular complexity index is 1060. The number of likely N-dealkylation sites (N-methyl/N-ethyl adjacent to an activating group) is 1. The predicted molar refractivity (Wildman–Crippen MR) is 132 cm³/mol. The third-order valence-corrected chi connectivity index (χ3v) is 6.19. The van der Waals surface area contributed by atoms with Gasteiger partial charge in [-0.25, -0.2) is 4.98 Å². The SMILES string of the molecule is CN1CCN(CCNC(=O)c2nc(-c3ccc(C(C)(C)C)cc3)oc2-c2ccccc2)CC1. The molecule has 0 saturated carbocycles. The zero-order valence-electron chi connectivity index (χ0n) is 20.1. The van der Waals surface area contributed by atoms with Crippen molar-refractivity contribution in [3.8, 4) is 22.8 Å². The summed E-state index contributed by atoms with van der Waals surface area (Å²) >= 11 is 0. The summed E-state index contributed by atoms with van der Waals surface area (Å²) in [6.45, 7) is 12.2. The highest BCUT2D eigenvalue weighted by molar-refractivity contribution is 5.98. The highest BCUT2D eigenvalue weighted by atomic mass is 16.4. The Morgan fingerprint density at radius 1 is 0.970 bits per heavy atom. The lowest BCUT2D eigenvalue weighted by molar-refractivity contribution is 0.0937. The molecule has 1 aliphatic heterocycles. The van der Waals surface area contributed by atoms with Crippen molar-refractivity contribution in [3.05, 3.63) is 65.9 Å². The summed E-state index contributed by atoms with van der Waals surface area (Å²) in [5.74, 6) is 0.755. The van der Waals surface area contributed by atoms with Crippen molar-refractivity contribution in [3.63, 3.8) is 0 Å². The van der Waals surface area contributed by atoms with Crippen LogP contribution in [0, 0.1) is 0 Å². The topological polar surface area (TPSA) is 61.6 Å². The van der Waals surface area contributed by atoms with E-state index in [4.69, 9.17) is 4.42 Å². The van der Waals surface area contributed by atoms with E-state index < -0.39 is 0 Å². The van der Waals surface area contributed by atoms with Gasteiger partial charge in [0.2, 0.25) is 5.89 Å². The standard InChI is InChI=1S/C27H34N4O2/c1-27(2,3)22-12-10-21(11-13-22)26-29-23(24(33-26)20-8-6-5-7-9-20)25(32)28-14-15-31-18-16-30(4)17-19-31/h5-13H,14-19H2,1-4H3,(H,28,32). The van der Waals surface area contributed by atoms with E-state index >= 15 is 0 Å². The molecule has 33 heavy (non-hydrogen) atoms. The summed E-state index contributed by atoms with van der Waals surface area (Å²) in [4.78, 5) is 22.4. The van der Waals surface area contributed by atoms with Crippen molar-refractivity contribution in [2.45, 2.75) is 26.2 Å². The summed E-state index contributed by atoms with van der Waals surface area (Å²) < 4.78 is 6.15. The molecule has 1 fully saturated rings. The van der Waals surface area contributed by atoms with E-state index in [9.17, 15) is 4.79 Å². The minimum absolute atomic E-state index is 0.0686. The number of hydrogen-bond acceptors (Lipinski definition) is 5. The van der Waals surface area contributed by atoms with Gasteiger partial charge < -0.3 is 14.6 Å². The third kappa shape index (κ3) is 5.70. The second kappa shape index (κ2) is 9.89. The molecule has 4 rings (SSSR count). The molecule has 1 aliphatic rings. The van der Waals surface area contributed by atoms with Crippen LogP contribution in [-0.2, 0) is 5.41 Å². The van der Waals surface area contributed by atoms with E-state index in [-0.39, 0.29) is 11.3 Å². The summed E-state index contributed by atoms with van der Waals surface area (Å²) in [7, 11) is 2.14. The van der Waals surface area contributed by atoms with E-state index in [1.807, 2.05) is 42.5 Å². The van der Waals surface area contributed by atoms with Gasteiger partial charge in [0.05, 0.1) is 0 Å². The Kier molecular flexibility index (Phi) is 6.96. The first-order chi connectivity index (χ1) is 15.8. The first kappa shape index (κ1) is 23.2. The lowest BCUT2D eigenvalue weighted by atomic mass is 9.87. The lowest BCUT2D eigenvalue weighted by Crippen LogP contribution is -2.46. The summed E-state index contributed by atoms with van der Waals surface area (Å²) in [5, 5.41) is 3.04. The fourth-order valence-electron chi connectivity index (χ4n) is 3.98. The Balaban J connectivity index is 1.53. The molecule has 0 aliphatic carbocycles. The molecule has 1 saturated heterocycles. The van der Waals surface area contributed by atoms with E-state index in [0.717, 1.165) is 43.9 Å². The Morgan fingerprint density at radius 3 is 2.27 bits per heavy atom. The number of nitrogens with one attached hydrogen (secondary N) is 1. The van der Waals surface area contributed by atoms with Crippen LogP contribution < -0.4 is 5.32 Å². The molecule has 0 bridgehead atoms. The maximum atomic E-state index is 13.1. The van der Waals surface area contributed by atoms with Gasteiger partial charge in [0, 0.05) is 50.4 Å². The molecule has 0 atom stereocenters. The largest absolute Gasteiger partial charge is 0.435 e. The molecule has 2 aromatic carbocycles. The molecule has 3 aromatic rings. The van der Waals surface area contributed by atoms with Gasteiger partial charge in [0.15, 0.2) is 11.5 Å². The Labute approximate surface area is 196 Å². The lowest BCUT2D eigenvalue weighted by Gasteiger charge is -2.32. The molecule has 0 unspecified atom stereocenters. The highest BCUT2D eigenvalue weighted by Crippen LogP contribution is 2.31. The minimum atomic E-state index is -0.204. The van der Waals surface area contributed by atoms with E-state index in [0.29, 0.717) is 23.9 Å². The normalized spacial score (nSPS) is 15.5. The van der Waals surface area contributed by atoms with Crippen LogP contribution in [0.3, 0.4) is 0 Å². The van der Waals surface area contributed by atoms with Crippen LogP contribution in [0.4, 0.5) is 0 Å².